The number of carbonyl (C=O) groups excluding carboxylic acids is 5. The van der Waals surface area contributed by atoms with Gasteiger partial charge in [0.1, 0.15) is 17.9 Å². The topological polar surface area (TPSA) is 152 Å². The van der Waals surface area contributed by atoms with E-state index in [1.807, 2.05) is 45.9 Å². The van der Waals surface area contributed by atoms with E-state index >= 15 is 0 Å². The second kappa shape index (κ2) is 15.2. The maximum absolute atomic E-state index is 13.6. The number of imide groups is 2. The number of nitrogens with one attached hydrogen (secondary N) is 2. The van der Waals surface area contributed by atoms with Gasteiger partial charge in [-0.05, 0) is 79.9 Å². The first-order valence-corrected chi connectivity index (χ1v) is 19.4. The minimum Gasteiger partial charge on any atom is -0.489 e. The normalized spacial score (nSPS) is 22.8. The van der Waals surface area contributed by atoms with Gasteiger partial charge in [-0.15, -0.1) is 0 Å². The fraction of sp³-hybridized carbons (Fsp3) is 0.442. The summed E-state index contributed by atoms with van der Waals surface area (Å²) in [5.74, 6) is -2.34. The summed E-state index contributed by atoms with van der Waals surface area (Å²) >= 11 is 0. The van der Waals surface area contributed by atoms with E-state index in [0.717, 1.165) is 73.8 Å². The number of aryl methyl sites for hydroxylation is 1. The Labute approximate surface area is 334 Å². The van der Waals surface area contributed by atoms with Gasteiger partial charge < -0.3 is 15.0 Å². The van der Waals surface area contributed by atoms with Gasteiger partial charge in [-0.25, -0.2) is 0 Å². The molecule has 2 N–H and O–H groups in total. The molecule has 0 spiro atoms. The predicted octanol–water partition coefficient (Wildman–Crippen LogP) is 5.35. The van der Waals surface area contributed by atoms with Gasteiger partial charge in [0.15, 0.2) is 0 Å². The van der Waals surface area contributed by atoms with Crippen LogP contribution in [0.4, 0.5) is 18.9 Å². The number of alkyl halides is 3. The summed E-state index contributed by atoms with van der Waals surface area (Å²) in [6, 6.07) is 16.2. The summed E-state index contributed by atoms with van der Waals surface area (Å²) in [6.45, 7) is 11.6. The summed E-state index contributed by atoms with van der Waals surface area (Å²) in [5, 5.41) is 14.5. The molecule has 0 aromatic heterocycles. The van der Waals surface area contributed by atoms with Crippen molar-refractivity contribution in [2.75, 3.05) is 37.6 Å². The average Bonchev–Trinajstić information content (AvgIpc) is 3.43. The number of nitrogens with zero attached hydrogens (tertiary/aromatic N) is 4. The Kier molecular flexibility index (Phi) is 10.6. The number of piperidine rings is 1. The molecule has 1 aliphatic carbocycles. The number of ether oxygens (including phenoxy) is 1. The number of piperazine rings is 1. The van der Waals surface area contributed by atoms with Crippen molar-refractivity contribution in [1.82, 2.24) is 20.4 Å². The third-order valence-electron chi connectivity index (χ3n) is 12.1. The van der Waals surface area contributed by atoms with Gasteiger partial charge in [0.2, 0.25) is 11.8 Å². The lowest BCUT2D eigenvalue weighted by molar-refractivity contribution is -0.164. The highest BCUT2D eigenvalue weighted by Gasteiger charge is 2.64. The highest BCUT2D eigenvalue weighted by atomic mass is 19.4. The molecule has 304 valence electrons. The molecule has 2 saturated heterocycles. The van der Waals surface area contributed by atoms with E-state index in [4.69, 9.17) is 10.00 Å². The minimum atomic E-state index is -4.70. The fourth-order valence-electron chi connectivity index (χ4n) is 9.29. The smallest absolute Gasteiger partial charge is 0.417 e. The molecule has 7 rings (SSSR count). The molecule has 58 heavy (non-hydrogen) atoms. The van der Waals surface area contributed by atoms with Crippen molar-refractivity contribution in [3.05, 3.63) is 94.0 Å². The molecule has 1 saturated carbocycles. The molecule has 12 nitrogen and oxygen atoms in total. The molecule has 3 heterocycles. The van der Waals surface area contributed by atoms with Crippen LogP contribution < -0.4 is 20.3 Å². The van der Waals surface area contributed by atoms with Crippen LogP contribution >= 0.6 is 0 Å². The lowest BCUT2D eigenvalue weighted by Crippen LogP contribution is -2.74. The van der Waals surface area contributed by atoms with Crippen LogP contribution in [0.25, 0.3) is 0 Å². The van der Waals surface area contributed by atoms with E-state index in [1.54, 1.807) is 30.3 Å². The molecule has 3 aliphatic heterocycles. The average molecular weight is 799 g/mol. The largest absolute Gasteiger partial charge is 0.489 e. The lowest BCUT2D eigenvalue weighted by Gasteiger charge is -2.63. The van der Waals surface area contributed by atoms with E-state index < -0.39 is 63.9 Å². The minimum absolute atomic E-state index is 0.0104. The maximum Gasteiger partial charge on any atom is 0.417 e. The molecule has 15 heteroatoms. The van der Waals surface area contributed by atoms with Crippen LogP contribution in [0.15, 0.2) is 60.7 Å². The van der Waals surface area contributed by atoms with E-state index in [2.05, 4.69) is 20.4 Å². The molecule has 4 aliphatic rings. The number of anilines is 1. The van der Waals surface area contributed by atoms with Crippen LogP contribution in [-0.4, -0.2) is 90.2 Å². The highest BCUT2D eigenvalue weighted by molar-refractivity contribution is 6.23. The lowest BCUT2D eigenvalue weighted by atomic mass is 9.49. The number of carbonyl (C=O) groups is 5. The molecule has 3 aromatic carbocycles. The van der Waals surface area contributed by atoms with Crippen molar-refractivity contribution in [1.29, 1.82) is 5.26 Å². The van der Waals surface area contributed by atoms with Gasteiger partial charge in [0.25, 0.3) is 17.7 Å². The van der Waals surface area contributed by atoms with Crippen molar-refractivity contribution in [2.45, 2.75) is 77.7 Å². The van der Waals surface area contributed by atoms with Gasteiger partial charge >= 0.3 is 6.18 Å². The van der Waals surface area contributed by atoms with Crippen LogP contribution in [0.1, 0.15) is 94.7 Å². The van der Waals surface area contributed by atoms with Crippen molar-refractivity contribution in [3.63, 3.8) is 0 Å². The van der Waals surface area contributed by atoms with Crippen LogP contribution in [0.3, 0.4) is 0 Å². The highest BCUT2D eigenvalue weighted by Crippen LogP contribution is 2.55. The van der Waals surface area contributed by atoms with Gasteiger partial charge in [-0.1, -0.05) is 39.8 Å². The Morgan fingerprint density at radius 1 is 0.914 bits per heavy atom. The molecule has 0 radical (unpaired) electrons. The van der Waals surface area contributed by atoms with Crippen LogP contribution in [-0.2, 0) is 22.2 Å². The standard InChI is InChI=1S/C43H45F3N6O6/c1-41(2)39(42(3,4)40(41)58-29-13-11-27(24-47)32(23-29)43(44,45)46)49-35(54)26-9-7-25(8-10-26)6-5-17-50-18-20-51(21-19-50)28-12-14-30-31(22-28)38(57)52(37(30)56)33-15-16-34(53)48-36(33)55/h7-14,22-23,33,39-40H,5-6,15-21H2,1-4H3,(H,49,54)(H,48,53,55)/t33?,39-,40-. The zero-order chi connectivity index (χ0) is 41.7. The second-order valence-electron chi connectivity index (χ2n) is 16.7. The summed E-state index contributed by atoms with van der Waals surface area (Å²) in [5.41, 5.74) is 0.199. The predicted molar refractivity (Wildman–Crippen MR) is 206 cm³/mol. The molecule has 5 amide bonds. The Morgan fingerprint density at radius 2 is 1.59 bits per heavy atom. The summed E-state index contributed by atoms with van der Waals surface area (Å²) in [6.07, 6.45) is -3.31. The number of nitriles is 1. The SMILES string of the molecule is CC1(C)[C@H](NC(=O)c2ccc(CCCN3CCN(c4ccc5c(c4)C(=O)N(C4CCC(=O)NC4=O)C5=O)CC3)cc2)C(C)(C)[C@H]1Oc1ccc(C#N)c(C(F)(F)F)c1. The monoisotopic (exact) mass is 798 g/mol. The first-order chi connectivity index (χ1) is 27.4. The first-order valence-electron chi connectivity index (χ1n) is 19.4. The third-order valence-corrected chi connectivity index (χ3v) is 12.1. The fourth-order valence-corrected chi connectivity index (χ4v) is 9.29. The number of amides is 5. The number of hydrogen-bond donors (Lipinski definition) is 2. The van der Waals surface area contributed by atoms with Gasteiger partial charge in [-0.2, -0.15) is 18.4 Å². The number of fused-ring (bicyclic) bond motifs is 1. The number of benzene rings is 3. The van der Waals surface area contributed by atoms with E-state index in [9.17, 15) is 37.1 Å². The summed E-state index contributed by atoms with van der Waals surface area (Å²) in [4.78, 5) is 69.3. The molecule has 1 unspecified atom stereocenters. The van der Waals surface area contributed by atoms with Gasteiger partial charge in [-0.3, -0.25) is 39.1 Å². The number of rotatable bonds is 10. The zero-order valence-electron chi connectivity index (χ0n) is 32.7. The van der Waals surface area contributed by atoms with Crippen LogP contribution in [0.2, 0.25) is 0 Å². The Bertz CT molecular complexity index is 2190. The first kappa shape index (κ1) is 40.4. The Balaban J connectivity index is 0.871. The molecule has 3 fully saturated rings. The van der Waals surface area contributed by atoms with E-state index in [0.29, 0.717) is 5.56 Å². The molecule has 3 aromatic rings. The second-order valence-corrected chi connectivity index (χ2v) is 16.7. The molecule has 0 bridgehead atoms. The van der Waals surface area contributed by atoms with Crippen molar-refractivity contribution < 1.29 is 41.9 Å². The number of hydrogen-bond acceptors (Lipinski definition) is 9. The quantitative estimate of drug-likeness (QED) is 0.259. The van der Waals surface area contributed by atoms with Crippen molar-refractivity contribution in [3.8, 4) is 11.8 Å². The van der Waals surface area contributed by atoms with E-state index in [1.165, 1.54) is 6.07 Å². The van der Waals surface area contributed by atoms with Crippen molar-refractivity contribution in [2.24, 2.45) is 10.8 Å². The number of halogens is 3. The summed E-state index contributed by atoms with van der Waals surface area (Å²) in [7, 11) is 0. The van der Waals surface area contributed by atoms with Crippen LogP contribution in [0, 0.1) is 22.2 Å². The third kappa shape index (κ3) is 7.53. The Morgan fingerprint density at radius 3 is 2.22 bits per heavy atom. The molecular formula is C43H45F3N6O6. The Hall–Kier alpha value is -5.75. The van der Waals surface area contributed by atoms with Crippen LogP contribution in [0.5, 0.6) is 5.75 Å². The van der Waals surface area contributed by atoms with Gasteiger partial charge in [0.05, 0.1) is 28.3 Å². The maximum atomic E-state index is 13.6. The summed E-state index contributed by atoms with van der Waals surface area (Å²) < 4.78 is 46.8. The van der Waals surface area contributed by atoms with E-state index in [-0.39, 0.29) is 41.7 Å². The van der Waals surface area contributed by atoms with Crippen molar-refractivity contribution >= 4 is 35.2 Å². The molecular weight excluding hydrogens is 754 g/mol. The van der Waals surface area contributed by atoms with Gasteiger partial charge in [0, 0.05) is 60.7 Å². The zero-order valence-corrected chi connectivity index (χ0v) is 32.7. The molecule has 1 atom stereocenters.